The normalized spacial score (nSPS) is 18.7. The van der Waals surface area contributed by atoms with E-state index in [-0.39, 0.29) is 11.4 Å². The monoisotopic (exact) mass is 254 g/mol. The summed E-state index contributed by atoms with van der Waals surface area (Å²) in [6, 6.07) is 1.14. The molecule has 2 N–H and O–H groups in total. The van der Waals surface area contributed by atoms with Crippen molar-refractivity contribution in [2.45, 2.75) is 25.4 Å². The van der Waals surface area contributed by atoms with E-state index in [2.05, 4.69) is 4.98 Å². The molecule has 1 aromatic heterocycles. The Hall–Kier alpha value is -1.69. The molecule has 0 bridgehead atoms. The largest absolute Gasteiger partial charge is 0.478 e. The van der Waals surface area contributed by atoms with Crippen molar-refractivity contribution in [2.24, 2.45) is 0 Å². The molecule has 2 heterocycles. The SMILES string of the molecule is CC1(O)CCN(c2nccc(C(=O)O)c2F)CC1. The summed E-state index contributed by atoms with van der Waals surface area (Å²) in [6.07, 6.45) is 2.30. The minimum absolute atomic E-state index is 0.0467. The lowest BCUT2D eigenvalue weighted by molar-refractivity contribution is 0.0348. The number of carbonyl (C=O) groups is 1. The van der Waals surface area contributed by atoms with Gasteiger partial charge in [-0.1, -0.05) is 0 Å². The number of halogens is 1. The van der Waals surface area contributed by atoms with Crippen LogP contribution in [0.1, 0.15) is 30.1 Å². The molecule has 1 aliphatic heterocycles. The van der Waals surface area contributed by atoms with Crippen LogP contribution in [0.5, 0.6) is 0 Å². The second kappa shape index (κ2) is 4.53. The first-order valence-electron chi connectivity index (χ1n) is 5.76. The summed E-state index contributed by atoms with van der Waals surface area (Å²) in [7, 11) is 0. The molecule has 1 saturated heterocycles. The molecule has 18 heavy (non-hydrogen) atoms. The van der Waals surface area contributed by atoms with E-state index in [1.165, 1.54) is 6.20 Å². The van der Waals surface area contributed by atoms with E-state index < -0.39 is 17.4 Å². The van der Waals surface area contributed by atoms with Crippen LogP contribution in [0.15, 0.2) is 12.3 Å². The lowest BCUT2D eigenvalue weighted by Gasteiger charge is -2.36. The summed E-state index contributed by atoms with van der Waals surface area (Å²) in [6.45, 7) is 2.65. The van der Waals surface area contributed by atoms with Crippen molar-refractivity contribution >= 4 is 11.8 Å². The minimum Gasteiger partial charge on any atom is -0.478 e. The van der Waals surface area contributed by atoms with Crippen molar-refractivity contribution < 1.29 is 19.4 Å². The highest BCUT2D eigenvalue weighted by molar-refractivity contribution is 5.88. The first kappa shape index (κ1) is 12.8. The molecule has 2 rings (SSSR count). The van der Waals surface area contributed by atoms with Crippen LogP contribution in [-0.2, 0) is 0 Å². The Morgan fingerprint density at radius 3 is 2.67 bits per heavy atom. The molecule has 0 aromatic carbocycles. The second-order valence-electron chi connectivity index (χ2n) is 4.79. The molecule has 0 amide bonds. The number of aliphatic hydroxyl groups is 1. The minimum atomic E-state index is -1.31. The predicted octanol–water partition coefficient (Wildman–Crippen LogP) is 1.27. The zero-order valence-electron chi connectivity index (χ0n) is 10.1. The smallest absolute Gasteiger partial charge is 0.338 e. The number of nitrogens with zero attached hydrogens (tertiary/aromatic N) is 2. The maximum absolute atomic E-state index is 14.0. The van der Waals surface area contributed by atoms with Crippen molar-refractivity contribution in [3.8, 4) is 0 Å². The van der Waals surface area contributed by atoms with Gasteiger partial charge in [0.05, 0.1) is 5.60 Å². The number of aromatic carboxylic acids is 1. The molecule has 1 aromatic rings. The molecule has 0 spiro atoms. The maximum atomic E-state index is 14.0. The molecule has 1 fully saturated rings. The first-order valence-corrected chi connectivity index (χ1v) is 5.76. The number of anilines is 1. The first-order chi connectivity index (χ1) is 8.41. The molecular weight excluding hydrogens is 239 g/mol. The summed E-state index contributed by atoms with van der Waals surface area (Å²) in [5.74, 6) is -2.07. The third kappa shape index (κ3) is 2.43. The van der Waals surface area contributed by atoms with Crippen LogP contribution < -0.4 is 4.90 Å². The van der Waals surface area contributed by atoms with Gasteiger partial charge in [0.1, 0.15) is 5.56 Å². The number of rotatable bonds is 2. The fraction of sp³-hybridized carbons (Fsp3) is 0.500. The fourth-order valence-corrected chi connectivity index (χ4v) is 2.02. The van der Waals surface area contributed by atoms with Crippen molar-refractivity contribution in [1.82, 2.24) is 4.98 Å². The topological polar surface area (TPSA) is 73.7 Å². The van der Waals surface area contributed by atoms with E-state index >= 15 is 0 Å². The molecule has 0 atom stereocenters. The molecule has 0 unspecified atom stereocenters. The quantitative estimate of drug-likeness (QED) is 0.831. The van der Waals surface area contributed by atoms with Gasteiger partial charge in [-0.05, 0) is 25.8 Å². The maximum Gasteiger partial charge on any atom is 0.338 e. The van der Waals surface area contributed by atoms with Crippen LogP contribution in [0.25, 0.3) is 0 Å². The molecule has 1 aliphatic rings. The van der Waals surface area contributed by atoms with Gasteiger partial charge in [-0.3, -0.25) is 0 Å². The number of hydrogen-bond acceptors (Lipinski definition) is 4. The highest BCUT2D eigenvalue weighted by Gasteiger charge is 2.30. The Balaban J connectivity index is 2.25. The summed E-state index contributed by atoms with van der Waals surface area (Å²) < 4.78 is 14.0. The van der Waals surface area contributed by atoms with Crippen molar-refractivity contribution in [2.75, 3.05) is 18.0 Å². The summed E-state index contributed by atoms with van der Waals surface area (Å²) in [4.78, 5) is 16.4. The Bertz CT molecular complexity index is 466. The van der Waals surface area contributed by atoms with Gasteiger partial charge in [-0.2, -0.15) is 0 Å². The van der Waals surface area contributed by atoms with Gasteiger partial charge < -0.3 is 15.1 Å². The molecule has 98 valence electrons. The summed E-state index contributed by atoms with van der Waals surface area (Å²) >= 11 is 0. The summed E-state index contributed by atoms with van der Waals surface area (Å²) in [5, 5.41) is 18.7. The lowest BCUT2D eigenvalue weighted by atomic mass is 9.94. The van der Waals surface area contributed by atoms with Gasteiger partial charge in [-0.25, -0.2) is 14.2 Å². The van der Waals surface area contributed by atoms with Gasteiger partial charge in [0.25, 0.3) is 0 Å². The van der Waals surface area contributed by atoms with Gasteiger partial charge in [0.2, 0.25) is 0 Å². The zero-order valence-corrected chi connectivity index (χ0v) is 10.1. The third-order valence-corrected chi connectivity index (χ3v) is 3.24. The zero-order chi connectivity index (χ0) is 13.3. The Kier molecular flexibility index (Phi) is 3.21. The molecule has 5 nitrogen and oxygen atoms in total. The number of piperidine rings is 1. The van der Waals surface area contributed by atoms with E-state index in [9.17, 15) is 14.3 Å². The van der Waals surface area contributed by atoms with Gasteiger partial charge in [-0.15, -0.1) is 0 Å². The molecule has 0 saturated carbocycles. The molecule has 0 aliphatic carbocycles. The Morgan fingerprint density at radius 1 is 1.50 bits per heavy atom. The molecular formula is C12H15FN2O3. The third-order valence-electron chi connectivity index (χ3n) is 3.24. The average Bonchev–Trinajstić information content (AvgIpc) is 2.29. The second-order valence-corrected chi connectivity index (χ2v) is 4.79. The van der Waals surface area contributed by atoms with Crippen LogP contribution in [0, 0.1) is 5.82 Å². The van der Waals surface area contributed by atoms with Gasteiger partial charge in [0.15, 0.2) is 11.6 Å². The predicted molar refractivity (Wildman–Crippen MR) is 63.2 cm³/mol. The van der Waals surface area contributed by atoms with E-state index in [4.69, 9.17) is 5.11 Å². The van der Waals surface area contributed by atoms with Crippen LogP contribution in [0.4, 0.5) is 10.2 Å². The fourth-order valence-electron chi connectivity index (χ4n) is 2.02. The van der Waals surface area contributed by atoms with Crippen LogP contribution in [-0.4, -0.2) is 39.9 Å². The Morgan fingerprint density at radius 2 is 2.11 bits per heavy atom. The number of carboxylic acids is 1. The number of hydrogen-bond donors (Lipinski definition) is 2. The number of carboxylic acid groups (broad SMARTS) is 1. The summed E-state index contributed by atoms with van der Waals surface area (Å²) in [5.41, 5.74) is -1.12. The van der Waals surface area contributed by atoms with Gasteiger partial charge >= 0.3 is 5.97 Å². The Labute approximate surface area is 104 Å². The molecule has 6 heteroatoms. The van der Waals surface area contributed by atoms with Crippen molar-refractivity contribution in [3.05, 3.63) is 23.6 Å². The van der Waals surface area contributed by atoms with Crippen molar-refractivity contribution in [1.29, 1.82) is 0 Å². The van der Waals surface area contributed by atoms with Crippen LogP contribution in [0.3, 0.4) is 0 Å². The van der Waals surface area contributed by atoms with E-state index in [0.29, 0.717) is 25.9 Å². The van der Waals surface area contributed by atoms with E-state index in [1.807, 2.05) is 0 Å². The van der Waals surface area contributed by atoms with Crippen LogP contribution in [0.2, 0.25) is 0 Å². The molecule has 0 radical (unpaired) electrons. The highest BCUT2D eigenvalue weighted by atomic mass is 19.1. The number of aromatic nitrogens is 1. The lowest BCUT2D eigenvalue weighted by Crippen LogP contribution is -2.43. The van der Waals surface area contributed by atoms with E-state index in [0.717, 1.165) is 6.07 Å². The highest BCUT2D eigenvalue weighted by Crippen LogP contribution is 2.27. The number of pyridine rings is 1. The van der Waals surface area contributed by atoms with Gasteiger partial charge in [0, 0.05) is 19.3 Å². The average molecular weight is 254 g/mol. The van der Waals surface area contributed by atoms with E-state index in [1.54, 1.807) is 11.8 Å². The standard InChI is InChI=1S/C12H15FN2O3/c1-12(18)3-6-15(7-4-12)10-9(13)8(11(16)17)2-5-14-10/h2,5,18H,3-4,6-7H2,1H3,(H,16,17). The van der Waals surface area contributed by atoms with Crippen LogP contribution >= 0.6 is 0 Å². The van der Waals surface area contributed by atoms with Crippen molar-refractivity contribution in [3.63, 3.8) is 0 Å².